The summed E-state index contributed by atoms with van der Waals surface area (Å²) in [6.07, 6.45) is 24.4. The van der Waals surface area contributed by atoms with E-state index in [-0.39, 0.29) is 0 Å². The fourth-order valence-corrected chi connectivity index (χ4v) is 2.71. The Hall–Kier alpha value is -0.0400. The molecule has 0 aliphatic rings. The van der Waals surface area contributed by atoms with E-state index in [0.29, 0.717) is 0 Å². The smallest absolute Gasteiger partial charge is 0.00313 e. The van der Waals surface area contributed by atoms with E-state index in [0.717, 1.165) is 0 Å². The standard InChI is InChI=1S/C18H33Br/c1-2-3-4-5-6-7-8-9-10-11-12-13-14-15-16-17-18-19/h2-4H,1,5-18H2. The van der Waals surface area contributed by atoms with E-state index in [1.54, 1.807) is 0 Å². The van der Waals surface area contributed by atoms with E-state index in [9.17, 15) is 0 Å². The summed E-state index contributed by atoms with van der Waals surface area (Å²) in [5.74, 6) is 0. The minimum atomic E-state index is 1.18. The Bertz CT molecular complexity index is 196. The van der Waals surface area contributed by atoms with Gasteiger partial charge in [-0.1, -0.05) is 105 Å². The highest BCUT2D eigenvalue weighted by atomic mass is 79.9. The third-order valence-corrected chi connectivity index (χ3v) is 4.09. The molecule has 0 N–H and O–H groups in total. The monoisotopic (exact) mass is 328 g/mol. The summed E-state index contributed by atoms with van der Waals surface area (Å²) >= 11 is 3.48. The molecule has 0 rings (SSSR count). The van der Waals surface area contributed by atoms with Gasteiger partial charge in [-0.2, -0.15) is 0 Å². The third-order valence-electron chi connectivity index (χ3n) is 3.53. The van der Waals surface area contributed by atoms with Gasteiger partial charge in [0.15, 0.2) is 0 Å². The maximum absolute atomic E-state index is 3.68. The lowest BCUT2D eigenvalue weighted by atomic mass is 10.0. The largest absolute Gasteiger partial charge is 0.0991 e. The van der Waals surface area contributed by atoms with Gasteiger partial charge in [0.2, 0.25) is 0 Å². The van der Waals surface area contributed by atoms with Crippen molar-refractivity contribution < 1.29 is 0 Å². The lowest BCUT2D eigenvalue weighted by Gasteiger charge is -2.02. The molecule has 0 heterocycles. The molecular formula is C18H33Br. The Kier molecular flexibility index (Phi) is 17.9. The molecule has 0 aromatic heterocycles. The fourth-order valence-electron chi connectivity index (χ4n) is 2.32. The zero-order chi connectivity index (χ0) is 14.0. The van der Waals surface area contributed by atoms with Gasteiger partial charge in [0.25, 0.3) is 0 Å². The van der Waals surface area contributed by atoms with E-state index in [4.69, 9.17) is 0 Å². The van der Waals surface area contributed by atoms with Crippen molar-refractivity contribution in [2.45, 2.75) is 83.5 Å². The number of hydrogen-bond donors (Lipinski definition) is 0. The molecule has 0 fully saturated rings. The van der Waals surface area contributed by atoms with Crippen LogP contribution in [0.1, 0.15) is 83.5 Å². The van der Waals surface area contributed by atoms with Crippen molar-refractivity contribution >= 4 is 15.9 Å². The maximum atomic E-state index is 3.68. The van der Waals surface area contributed by atoms with E-state index in [1.807, 2.05) is 6.08 Å². The van der Waals surface area contributed by atoms with Crippen molar-refractivity contribution in [3.63, 3.8) is 0 Å². The van der Waals surface area contributed by atoms with Crippen LogP contribution in [0.2, 0.25) is 0 Å². The van der Waals surface area contributed by atoms with Crippen molar-refractivity contribution in [3.8, 4) is 0 Å². The second-order valence-electron chi connectivity index (χ2n) is 5.38. The van der Waals surface area contributed by atoms with Crippen LogP contribution in [0.3, 0.4) is 0 Å². The molecule has 0 saturated heterocycles. The first-order valence-corrected chi connectivity index (χ1v) is 9.37. The quantitative estimate of drug-likeness (QED) is 0.169. The van der Waals surface area contributed by atoms with Crippen molar-refractivity contribution in [3.05, 3.63) is 24.8 Å². The van der Waals surface area contributed by atoms with Crippen molar-refractivity contribution in [2.24, 2.45) is 0 Å². The Balaban J connectivity index is 2.95. The van der Waals surface area contributed by atoms with Crippen molar-refractivity contribution in [1.82, 2.24) is 0 Å². The summed E-state index contributed by atoms with van der Waals surface area (Å²) in [6.45, 7) is 3.68. The molecule has 1 heteroatoms. The summed E-state index contributed by atoms with van der Waals surface area (Å²) in [4.78, 5) is 0. The van der Waals surface area contributed by atoms with Gasteiger partial charge in [-0.15, -0.1) is 0 Å². The Morgan fingerprint density at radius 1 is 0.632 bits per heavy atom. The van der Waals surface area contributed by atoms with Gasteiger partial charge < -0.3 is 0 Å². The molecule has 0 unspecified atom stereocenters. The van der Waals surface area contributed by atoms with Gasteiger partial charge in [-0.25, -0.2) is 0 Å². The zero-order valence-corrected chi connectivity index (χ0v) is 14.3. The highest BCUT2D eigenvalue weighted by Gasteiger charge is 1.93. The number of allylic oxidation sites excluding steroid dienone is 3. The Labute approximate surface area is 129 Å². The molecule has 0 aliphatic heterocycles. The molecule has 0 atom stereocenters. The lowest BCUT2D eigenvalue weighted by molar-refractivity contribution is 0.545. The van der Waals surface area contributed by atoms with E-state index in [1.165, 1.54) is 88.8 Å². The highest BCUT2D eigenvalue weighted by Crippen LogP contribution is 2.12. The van der Waals surface area contributed by atoms with Gasteiger partial charge in [0.05, 0.1) is 0 Å². The first-order valence-electron chi connectivity index (χ1n) is 8.25. The van der Waals surface area contributed by atoms with Crippen molar-refractivity contribution in [2.75, 3.05) is 5.33 Å². The Morgan fingerprint density at radius 2 is 1.05 bits per heavy atom. The molecule has 0 spiro atoms. The highest BCUT2D eigenvalue weighted by molar-refractivity contribution is 9.09. The number of alkyl halides is 1. The maximum Gasteiger partial charge on any atom is 0.00313 e. The van der Waals surface area contributed by atoms with Crippen LogP contribution >= 0.6 is 15.9 Å². The second kappa shape index (κ2) is 18.0. The first kappa shape index (κ1) is 19.0. The molecule has 19 heavy (non-hydrogen) atoms. The summed E-state index contributed by atoms with van der Waals surface area (Å²) < 4.78 is 0. The van der Waals surface area contributed by atoms with Gasteiger partial charge in [0, 0.05) is 5.33 Å². The molecular weight excluding hydrogens is 296 g/mol. The van der Waals surface area contributed by atoms with Gasteiger partial charge >= 0.3 is 0 Å². The lowest BCUT2D eigenvalue weighted by Crippen LogP contribution is -1.83. The van der Waals surface area contributed by atoms with Gasteiger partial charge in [0.1, 0.15) is 0 Å². The van der Waals surface area contributed by atoms with Crippen LogP contribution in [0.4, 0.5) is 0 Å². The summed E-state index contributed by atoms with van der Waals surface area (Å²) in [5, 5.41) is 1.18. The van der Waals surface area contributed by atoms with Crippen LogP contribution in [-0.2, 0) is 0 Å². The first-order chi connectivity index (χ1) is 9.41. The molecule has 0 bridgehead atoms. The third kappa shape index (κ3) is 18.0. The second-order valence-corrected chi connectivity index (χ2v) is 6.18. The van der Waals surface area contributed by atoms with Crippen LogP contribution in [0, 0.1) is 0 Å². The molecule has 0 saturated carbocycles. The van der Waals surface area contributed by atoms with Gasteiger partial charge in [-0.05, 0) is 19.3 Å². The number of hydrogen-bond acceptors (Lipinski definition) is 0. The van der Waals surface area contributed by atoms with E-state index >= 15 is 0 Å². The minimum absolute atomic E-state index is 1.18. The van der Waals surface area contributed by atoms with Crippen LogP contribution in [0.5, 0.6) is 0 Å². The van der Waals surface area contributed by atoms with Crippen LogP contribution < -0.4 is 0 Å². The van der Waals surface area contributed by atoms with Crippen LogP contribution in [0.15, 0.2) is 24.8 Å². The molecule has 0 radical (unpaired) electrons. The summed E-state index contributed by atoms with van der Waals surface area (Å²) in [7, 11) is 0. The van der Waals surface area contributed by atoms with Gasteiger partial charge in [-0.3, -0.25) is 0 Å². The molecule has 112 valence electrons. The summed E-state index contributed by atoms with van der Waals surface area (Å²) in [6, 6.07) is 0. The van der Waals surface area contributed by atoms with Crippen molar-refractivity contribution in [1.29, 1.82) is 0 Å². The Morgan fingerprint density at radius 3 is 1.47 bits per heavy atom. The van der Waals surface area contributed by atoms with E-state index in [2.05, 4.69) is 34.7 Å². The average molecular weight is 329 g/mol. The molecule has 0 aliphatic carbocycles. The SMILES string of the molecule is C=CC=CCCCCCCCCCCCCCCBr. The predicted molar refractivity (Wildman–Crippen MR) is 93.2 cm³/mol. The zero-order valence-electron chi connectivity index (χ0n) is 12.7. The molecule has 0 amide bonds. The fraction of sp³-hybridized carbons (Fsp3) is 0.778. The molecule has 0 aromatic carbocycles. The normalized spacial score (nSPS) is 11.2. The number of unbranched alkanes of at least 4 members (excludes halogenated alkanes) is 12. The molecule has 0 nitrogen and oxygen atoms in total. The average Bonchev–Trinajstić information content (AvgIpc) is 2.43. The number of halogens is 1. The topological polar surface area (TPSA) is 0 Å². The van der Waals surface area contributed by atoms with Crippen LogP contribution in [-0.4, -0.2) is 5.33 Å². The number of rotatable bonds is 15. The van der Waals surface area contributed by atoms with E-state index < -0.39 is 0 Å². The van der Waals surface area contributed by atoms with Crippen LogP contribution in [0.25, 0.3) is 0 Å². The predicted octanol–water partition coefficient (Wildman–Crippen LogP) is 7.19. The molecule has 0 aromatic rings. The summed E-state index contributed by atoms with van der Waals surface area (Å²) in [5.41, 5.74) is 0. The minimum Gasteiger partial charge on any atom is -0.0991 e.